The number of fused-ring (bicyclic) bond motifs is 2. The highest BCUT2D eigenvalue weighted by atomic mass is 16.3. The van der Waals surface area contributed by atoms with Gasteiger partial charge in [0, 0.05) is 36.6 Å². The molecule has 39 heavy (non-hydrogen) atoms. The molecule has 1 amide bonds. The van der Waals surface area contributed by atoms with Crippen molar-refractivity contribution in [2.75, 3.05) is 30.3 Å². The maximum absolute atomic E-state index is 12.6. The van der Waals surface area contributed by atoms with Crippen LogP contribution in [0.25, 0.3) is 22.1 Å². The van der Waals surface area contributed by atoms with E-state index in [-0.39, 0.29) is 11.7 Å². The topological polar surface area (TPSA) is 150 Å². The van der Waals surface area contributed by atoms with Gasteiger partial charge in [-0.1, -0.05) is 19.8 Å². The number of aromatic amines is 1. The van der Waals surface area contributed by atoms with Crippen molar-refractivity contribution in [3.63, 3.8) is 0 Å². The van der Waals surface area contributed by atoms with Gasteiger partial charge in [0.2, 0.25) is 11.4 Å². The Kier molecular flexibility index (Phi) is 7.94. The van der Waals surface area contributed by atoms with Gasteiger partial charge in [0.1, 0.15) is 0 Å². The first-order chi connectivity index (χ1) is 19.0. The summed E-state index contributed by atoms with van der Waals surface area (Å²) in [6, 6.07) is 5.23. The Morgan fingerprint density at radius 3 is 2.72 bits per heavy atom. The predicted octanol–water partition coefficient (Wildman–Crippen LogP) is 4.24. The van der Waals surface area contributed by atoms with Crippen LogP contribution in [0.1, 0.15) is 74.0 Å². The Hall–Kier alpha value is -4.15. The standard InChI is InChI=1S/C28H36N8O3/c1-3-12-29-25-22-26(36(16-32-22)19-8-4-5-9-19)35-28(34-25)31-14-7-6-13-30-27(39)18-10-11-20-21(15-18)33-17(2)23(37)24(20)38/h10-11,15-16,19,37H,3-9,12-14H2,1-2H3,(H,30,39)(H,33,38)(H2,29,31,34,35). The van der Waals surface area contributed by atoms with Crippen LogP contribution in [-0.2, 0) is 0 Å². The van der Waals surface area contributed by atoms with Crippen LogP contribution in [0.2, 0.25) is 0 Å². The first-order valence-electron chi connectivity index (χ1n) is 13.8. The predicted molar refractivity (Wildman–Crippen MR) is 153 cm³/mol. The minimum Gasteiger partial charge on any atom is -0.503 e. The number of rotatable bonds is 11. The summed E-state index contributed by atoms with van der Waals surface area (Å²) in [5.74, 6) is 0.829. The van der Waals surface area contributed by atoms with Crippen LogP contribution in [0.5, 0.6) is 5.75 Å². The number of hydrogen-bond donors (Lipinski definition) is 5. The van der Waals surface area contributed by atoms with Crippen LogP contribution in [0.3, 0.4) is 0 Å². The number of aromatic hydroxyl groups is 1. The number of aromatic nitrogens is 5. The van der Waals surface area contributed by atoms with Gasteiger partial charge < -0.3 is 30.6 Å². The number of nitrogens with one attached hydrogen (secondary N) is 4. The molecule has 5 N–H and O–H groups in total. The minimum atomic E-state index is -0.444. The number of pyridine rings is 1. The number of carbonyl (C=O) groups excluding carboxylic acids is 1. The van der Waals surface area contributed by atoms with Gasteiger partial charge in [0.25, 0.3) is 5.91 Å². The summed E-state index contributed by atoms with van der Waals surface area (Å²) in [6.07, 6.45) is 9.28. The summed E-state index contributed by atoms with van der Waals surface area (Å²) in [5.41, 5.74) is 2.58. The number of carbonyl (C=O) groups is 1. The molecule has 11 nitrogen and oxygen atoms in total. The Morgan fingerprint density at radius 2 is 1.92 bits per heavy atom. The molecule has 1 saturated carbocycles. The summed E-state index contributed by atoms with van der Waals surface area (Å²) in [5, 5.41) is 19.9. The molecule has 0 spiro atoms. The molecule has 1 aliphatic rings. The molecule has 3 heterocycles. The molecule has 1 aliphatic carbocycles. The van der Waals surface area contributed by atoms with Gasteiger partial charge in [-0.2, -0.15) is 9.97 Å². The molecular formula is C28H36N8O3. The molecule has 5 rings (SSSR count). The highest BCUT2D eigenvalue weighted by molar-refractivity contribution is 5.98. The summed E-state index contributed by atoms with van der Waals surface area (Å²) < 4.78 is 2.20. The summed E-state index contributed by atoms with van der Waals surface area (Å²) in [4.78, 5) is 41.9. The van der Waals surface area contributed by atoms with Crippen LogP contribution in [0.15, 0.2) is 29.3 Å². The molecule has 11 heteroatoms. The second kappa shape index (κ2) is 11.7. The number of amides is 1. The van der Waals surface area contributed by atoms with Crippen molar-refractivity contribution in [2.45, 2.75) is 64.8 Å². The molecule has 0 saturated heterocycles. The average molecular weight is 533 g/mol. The van der Waals surface area contributed by atoms with E-state index < -0.39 is 5.43 Å². The third-order valence-corrected chi connectivity index (χ3v) is 7.27. The van der Waals surface area contributed by atoms with E-state index >= 15 is 0 Å². The number of aryl methyl sites for hydroxylation is 1. The average Bonchev–Trinajstić information content (AvgIpc) is 3.62. The maximum Gasteiger partial charge on any atom is 0.251 e. The number of hydrogen-bond acceptors (Lipinski definition) is 8. The van der Waals surface area contributed by atoms with E-state index in [1.807, 2.05) is 6.33 Å². The fourth-order valence-electron chi connectivity index (χ4n) is 5.11. The molecular weight excluding hydrogens is 496 g/mol. The van der Waals surface area contributed by atoms with Crippen molar-refractivity contribution in [3.05, 3.63) is 46.0 Å². The van der Waals surface area contributed by atoms with E-state index in [0.29, 0.717) is 47.2 Å². The molecule has 206 valence electrons. The molecule has 1 aromatic carbocycles. The van der Waals surface area contributed by atoms with Crippen molar-refractivity contribution in [3.8, 4) is 5.75 Å². The van der Waals surface area contributed by atoms with Crippen molar-refractivity contribution >= 4 is 39.7 Å². The lowest BCUT2D eigenvalue weighted by Crippen LogP contribution is -2.25. The van der Waals surface area contributed by atoms with Crippen LogP contribution >= 0.6 is 0 Å². The van der Waals surface area contributed by atoms with Crippen LogP contribution < -0.4 is 21.4 Å². The van der Waals surface area contributed by atoms with Crippen molar-refractivity contribution < 1.29 is 9.90 Å². The molecule has 1 fully saturated rings. The van der Waals surface area contributed by atoms with E-state index in [1.165, 1.54) is 12.8 Å². The summed E-state index contributed by atoms with van der Waals surface area (Å²) in [7, 11) is 0. The number of H-pyrrole nitrogens is 1. The number of imidazole rings is 1. The molecule has 0 atom stereocenters. The monoisotopic (exact) mass is 532 g/mol. The largest absolute Gasteiger partial charge is 0.503 e. The van der Waals surface area contributed by atoms with Gasteiger partial charge >= 0.3 is 0 Å². The lowest BCUT2D eigenvalue weighted by Gasteiger charge is -2.13. The third kappa shape index (κ3) is 5.67. The van der Waals surface area contributed by atoms with E-state index in [9.17, 15) is 14.7 Å². The minimum absolute atomic E-state index is 0.211. The van der Waals surface area contributed by atoms with Crippen molar-refractivity contribution in [2.24, 2.45) is 0 Å². The van der Waals surface area contributed by atoms with E-state index in [4.69, 9.17) is 4.98 Å². The lowest BCUT2D eigenvalue weighted by molar-refractivity contribution is 0.0953. The zero-order chi connectivity index (χ0) is 27.4. The molecule has 0 bridgehead atoms. The second-order valence-electron chi connectivity index (χ2n) is 10.2. The molecule has 3 aromatic heterocycles. The third-order valence-electron chi connectivity index (χ3n) is 7.27. The van der Waals surface area contributed by atoms with Crippen LogP contribution in [0, 0.1) is 6.92 Å². The van der Waals surface area contributed by atoms with Gasteiger partial charge in [-0.3, -0.25) is 9.59 Å². The second-order valence-corrected chi connectivity index (χ2v) is 10.2. The number of nitrogens with zero attached hydrogens (tertiary/aromatic N) is 4. The summed E-state index contributed by atoms with van der Waals surface area (Å²) in [6.45, 7) is 5.74. The number of unbranched alkanes of at least 4 members (excludes halogenated alkanes) is 1. The Labute approximate surface area is 226 Å². The van der Waals surface area contributed by atoms with Gasteiger partial charge in [0.15, 0.2) is 22.7 Å². The van der Waals surface area contributed by atoms with E-state index in [0.717, 1.165) is 55.6 Å². The highest BCUT2D eigenvalue weighted by Crippen LogP contribution is 2.33. The lowest BCUT2D eigenvalue weighted by atomic mass is 10.1. The normalized spacial score (nSPS) is 13.8. The first-order valence-corrected chi connectivity index (χ1v) is 13.8. The molecule has 0 unspecified atom stereocenters. The fraction of sp³-hybridized carbons (Fsp3) is 0.464. The maximum atomic E-state index is 12.6. The van der Waals surface area contributed by atoms with Gasteiger partial charge in [0.05, 0.1) is 17.5 Å². The Bertz CT molecular complexity index is 1540. The molecule has 0 aliphatic heterocycles. The Morgan fingerprint density at radius 1 is 1.13 bits per heavy atom. The highest BCUT2D eigenvalue weighted by Gasteiger charge is 2.21. The zero-order valence-corrected chi connectivity index (χ0v) is 22.5. The molecule has 0 radical (unpaired) electrons. The molecule has 4 aromatic rings. The SMILES string of the molecule is CCCNc1nc(NCCCCNC(=O)c2ccc3c(=O)c(O)c(C)[nH]c3c2)nc2c1ncn2C1CCCC1. The Balaban J connectivity index is 1.16. The van der Waals surface area contributed by atoms with Gasteiger partial charge in [-0.05, 0) is 57.2 Å². The smallest absolute Gasteiger partial charge is 0.251 e. The first kappa shape index (κ1) is 26.5. The quantitative estimate of drug-likeness (QED) is 0.180. The summed E-state index contributed by atoms with van der Waals surface area (Å²) >= 11 is 0. The number of benzene rings is 1. The van der Waals surface area contributed by atoms with Crippen LogP contribution in [-0.4, -0.2) is 55.2 Å². The van der Waals surface area contributed by atoms with E-state index in [1.54, 1.807) is 25.1 Å². The van der Waals surface area contributed by atoms with Crippen molar-refractivity contribution in [1.82, 2.24) is 29.8 Å². The van der Waals surface area contributed by atoms with Crippen LogP contribution in [0.4, 0.5) is 11.8 Å². The number of anilines is 2. The zero-order valence-electron chi connectivity index (χ0n) is 22.5. The fourth-order valence-corrected chi connectivity index (χ4v) is 5.11. The van der Waals surface area contributed by atoms with Gasteiger partial charge in [-0.15, -0.1) is 0 Å². The van der Waals surface area contributed by atoms with E-state index in [2.05, 4.69) is 42.4 Å². The van der Waals surface area contributed by atoms with Gasteiger partial charge in [-0.25, -0.2) is 4.98 Å². The van der Waals surface area contributed by atoms with Crippen molar-refractivity contribution in [1.29, 1.82) is 0 Å².